The van der Waals surface area contributed by atoms with Gasteiger partial charge in [0.25, 0.3) is 0 Å². The molecule has 2 N–H and O–H groups in total. The van der Waals surface area contributed by atoms with Gasteiger partial charge in [-0.25, -0.2) is 8.42 Å². The Kier molecular flexibility index (Phi) is 3.79. The van der Waals surface area contributed by atoms with E-state index in [1.165, 1.54) is 31.5 Å². The first-order chi connectivity index (χ1) is 9.45. The Morgan fingerprint density at radius 2 is 2.15 bits per heavy atom. The van der Waals surface area contributed by atoms with Gasteiger partial charge in [0.2, 0.25) is 10.0 Å². The van der Waals surface area contributed by atoms with Gasteiger partial charge >= 0.3 is 0 Å². The van der Waals surface area contributed by atoms with Crippen molar-refractivity contribution in [3.63, 3.8) is 0 Å². The lowest BCUT2D eigenvalue weighted by Gasteiger charge is -2.16. The molecule has 0 saturated heterocycles. The lowest BCUT2D eigenvalue weighted by Crippen LogP contribution is -2.27. The number of hydrogen-bond donors (Lipinski definition) is 1. The number of sulfonamides is 1. The predicted octanol–water partition coefficient (Wildman–Crippen LogP) is 1.55. The average molecular weight is 291 g/mol. The summed E-state index contributed by atoms with van der Waals surface area (Å²) in [5, 5.41) is 9.04. The second-order valence-corrected chi connectivity index (χ2v) is 6.22. The van der Waals surface area contributed by atoms with Gasteiger partial charge in [-0.3, -0.25) is 0 Å². The Morgan fingerprint density at radius 3 is 2.75 bits per heavy atom. The number of nitriles is 1. The van der Waals surface area contributed by atoms with Crippen LogP contribution in [0.2, 0.25) is 0 Å². The van der Waals surface area contributed by atoms with Gasteiger partial charge in [0, 0.05) is 12.7 Å². The minimum atomic E-state index is -3.78. The molecule has 20 heavy (non-hydrogen) atoms. The van der Waals surface area contributed by atoms with Gasteiger partial charge < -0.3 is 10.2 Å². The Balaban J connectivity index is 2.38. The third-order valence-corrected chi connectivity index (χ3v) is 4.63. The van der Waals surface area contributed by atoms with Gasteiger partial charge in [0.05, 0.1) is 18.4 Å². The van der Waals surface area contributed by atoms with E-state index < -0.39 is 10.0 Å². The quantitative estimate of drug-likeness (QED) is 0.861. The number of anilines is 1. The van der Waals surface area contributed by atoms with Crippen molar-refractivity contribution in [1.29, 1.82) is 5.26 Å². The zero-order chi connectivity index (χ0) is 14.8. The van der Waals surface area contributed by atoms with Crippen molar-refractivity contribution in [3.05, 3.63) is 47.9 Å². The van der Waals surface area contributed by atoms with Crippen LogP contribution in [0.15, 0.2) is 45.9 Å². The molecule has 0 aliphatic carbocycles. The fourth-order valence-corrected chi connectivity index (χ4v) is 2.99. The summed E-state index contributed by atoms with van der Waals surface area (Å²) in [4.78, 5) is -0.0664. The fourth-order valence-electron chi connectivity index (χ4n) is 1.73. The molecule has 0 spiro atoms. The topological polar surface area (TPSA) is 100 Å². The van der Waals surface area contributed by atoms with Gasteiger partial charge in [-0.1, -0.05) is 0 Å². The Labute approximate surface area is 117 Å². The molecular weight excluding hydrogens is 278 g/mol. The van der Waals surface area contributed by atoms with Crippen LogP contribution in [-0.4, -0.2) is 19.8 Å². The maximum absolute atomic E-state index is 12.4. The molecule has 0 aliphatic rings. The molecule has 2 rings (SSSR count). The van der Waals surface area contributed by atoms with Gasteiger partial charge in [-0.15, -0.1) is 0 Å². The van der Waals surface area contributed by atoms with Crippen LogP contribution in [0, 0.1) is 11.3 Å². The van der Waals surface area contributed by atoms with Crippen LogP contribution < -0.4 is 5.73 Å². The van der Waals surface area contributed by atoms with Crippen LogP contribution >= 0.6 is 0 Å². The Hall–Kier alpha value is -2.30. The number of rotatable bonds is 4. The summed E-state index contributed by atoms with van der Waals surface area (Å²) in [7, 11) is -2.35. The average Bonchev–Trinajstić information content (AvgIpc) is 2.91. The molecule has 1 aromatic heterocycles. The summed E-state index contributed by atoms with van der Waals surface area (Å²) >= 11 is 0. The zero-order valence-electron chi connectivity index (χ0n) is 10.8. The van der Waals surface area contributed by atoms with E-state index in [4.69, 9.17) is 15.4 Å². The Bertz CT molecular complexity index is 746. The number of benzene rings is 1. The van der Waals surface area contributed by atoms with Gasteiger partial charge in [-0.05, 0) is 30.3 Å². The second kappa shape index (κ2) is 5.36. The summed E-state index contributed by atoms with van der Waals surface area (Å²) in [6, 6.07) is 9.34. The number of nitrogens with zero attached hydrogens (tertiary/aromatic N) is 2. The van der Waals surface area contributed by atoms with Crippen molar-refractivity contribution in [2.45, 2.75) is 11.4 Å². The molecule has 1 aromatic carbocycles. The largest absolute Gasteiger partial charge is 0.468 e. The molecule has 104 valence electrons. The first-order valence-electron chi connectivity index (χ1n) is 5.73. The Morgan fingerprint density at radius 1 is 1.40 bits per heavy atom. The maximum atomic E-state index is 12.4. The highest BCUT2D eigenvalue weighted by Gasteiger charge is 2.24. The first-order valence-corrected chi connectivity index (χ1v) is 7.17. The predicted molar refractivity (Wildman–Crippen MR) is 72.9 cm³/mol. The van der Waals surface area contributed by atoms with E-state index in [1.54, 1.807) is 12.1 Å². The monoisotopic (exact) mass is 291 g/mol. The minimum Gasteiger partial charge on any atom is -0.468 e. The first kappa shape index (κ1) is 14.1. The van der Waals surface area contributed by atoms with Crippen LogP contribution in [0.4, 0.5) is 5.69 Å². The summed E-state index contributed by atoms with van der Waals surface area (Å²) in [5.41, 5.74) is 5.92. The second-order valence-electron chi connectivity index (χ2n) is 4.21. The van der Waals surface area contributed by atoms with E-state index >= 15 is 0 Å². The van der Waals surface area contributed by atoms with E-state index in [0.717, 1.165) is 4.31 Å². The molecule has 0 saturated carbocycles. The van der Waals surface area contributed by atoms with Crippen LogP contribution in [-0.2, 0) is 16.6 Å². The van der Waals surface area contributed by atoms with Crippen molar-refractivity contribution in [3.8, 4) is 6.07 Å². The van der Waals surface area contributed by atoms with E-state index in [2.05, 4.69) is 0 Å². The number of nitrogens with two attached hydrogens (primary N) is 1. The van der Waals surface area contributed by atoms with Gasteiger partial charge in [0.15, 0.2) is 0 Å². The van der Waals surface area contributed by atoms with E-state index in [1.807, 2.05) is 6.07 Å². The molecule has 7 heteroatoms. The van der Waals surface area contributed by atoms with Crippen molar-refractivity contribution >= 4 is 15.7 Å². The highest BCUT2D eigenvalue weighted by molar-refractivity contribution is 7.89. The fraction of sp³-hybridized carbons (Fsp3) is 0.154. The van der Waals surface area contributed by atoms with Crippen LogP contribution in [0.3, 0.4) is 0 Å². The van der Waals surface area contributed by atoms with Crippen molar-refractivity contribution in [1.82, 2.24) is 4.31 Å². The van der Waals surface area contributed by atoms with Gasteiger partial charge in [0.1, 0.15) is 16.7 Å². The highest BCUT2D eigenvalue weighted by Crippen LogP contribution is 2.22. The van der Waals surface area contributed by atoms with Crippen LogP contribution in [0.1, 0.15) is 11.3 Å². The smallest absolute Gasteiger partial charge is 0.244 e. The molecule has 2 aromatic rings. The molecule has 0 amide bonds. The van der Waals surface area contributed by atoms with Crippen molar-refractivity contribution < 1.29 is 12.8 Å². The molecule has 0 aliphatic heterocycles. The lowest BCUT2D eigenvalue weighted by atomic mass is 10.2. The third-order valence-electron chi connectivity index (χ3n) is 2.77. The summed E-state index contributed by atoms with van der Waals surface area (Å²) in [5.74, 6) is 0.519. The van der Waals surface area contributed by atoms with E-state index in [0.29, 0.717) is 11.4 Å². The van der Waals surface area contributed by atoms with E-state index in [-0.39, 0.29) is 17.0 Å². The maximum Gasteiger partial charge on any atom is 0.244 e. The molecule has 0 fully saturated rings. The van der Waals surface area contributed by atoms with Crippen LogP contribution in [0.25, 0.3) is 0 Å². The number of nitrogen functional groups attached to an aromatic ring is 1. The minimum absolute atomic E-state index is 0.0243. The lowest BCUT2D eigenvalue weighted by molar-refractivity contribution is 0.406. The van der Waals surface area contributed by atoms with E-state index in [9.17, 15) is 8.42 Å². The molecule has 0 atom stereocenters. The molecule has 0 unspecified atom stereocenters. The van der Waals surface area contributed by atoms with Crippen molar-refractivity contribution in [2.75, 3.05) is 12.8 Å². The normalized spacial score (nSPS) is 11.4. The molecule has 1 heterocycles. The molecular formula is C13H13N3O3S. The van der Waals surface area contributed by atoms with Gasteiger partial charge in [-0.2, -0.15) is 9.57 Å². The SMILES string of the molecule is CN(Cc1ccco1)S(=O)(=O)c1ccc(N)cc1C#N. The molecule has 6 nitrogen and oxygen atoms in total. The zero-order valence-corrected chi connectivity index (χ0v) is 11.6. The third kappa shape index (κ3) is 2.66. The summed E-state index contributed by atoms with van der Waals surface area (Å²) < 4.78 is 31.1. The number of furan rings is 1. The molecule has 0 bridgehead atoms. The van der Waals surface area contributed by atoms with Crippen LogP contribution in [0.5, 0.6) is 0 Å². The molecule has 0 radical (unpaired) electrons. The highest BCUT2D eigenvalue weighted by atomic mass is 32.2. The number of hydrogen-bond acceptors (Lipinski definition) is 5. The summed E-state index contributed by atoms with van der Waals surface area (Å²) in [6.45, 7) is 0.0879. The standard InChI is InChI=1S/C13H13N3O3S/c1-16(9-12-3-2-6-19-12)20(17,18)13-5-4-11(15)7-10(13)8-14/h2-7H,9,15H2,1H3. The summed E-state index contributed by atoms with van der Waals surface area (Å²) in [6.07, 6.45) is 1.47. The van der Waals surface area contributed by atoms with Crippen molar-refractivity contribution in [2.24, 2.45) is 0 Å².